The van der Waals surface area contributed by atoms with Gasteiger partial charge in [-0.3, -0.25) is 0 Å². The van der Waals surface area contributed by atoms with Gasteiger partial charge in [0.1, 0.15) is 0 Å². The molecule has 0 spiro atoms. The van der Waals surface area contributed by atoms with Crippen LogP contribution in [-0.2, 0) is 0 Å². The maximum absolute atomic E-state index is 2.51. The lowest BCUT2D eigenvalue weighted by molar-refractivity contribution is 1.38. The van der Waals surface area contributed by atoms with Gasteiger partial charge in [0.25, 0.3) is 0 Å². The fourth-order valence-electron chi connectivity index (χ4n) is 5.28. The quantitative estimate of drug-likeness (QED) is 0.299. The van der Waals surface area contributed by atoms with Crippen LogP contribution in [0.15, 0.2) is 115 Å². The smallest absolute Gasteiger partial charge is 0.360 e. The molecule has 0 saturated carbocycles. The predicted octanol–water partition coefficient (Wildman–Crippen LogP) is 6.51. The molecule has 7 rings (SSSR count). The molecule has 0 fully saturated rings. The van der Waals surface area contributed by atoms with Crippen molar-refractivity contribution < 1.29 is 0 Å². The third-order valence-electron chi connectivity index (χ3n) is 6.57. The van der Waals surface area contributed by atoms with E-state index >= 15 is 0 Å². The number of benzene rings is 5. The van der Waals surface area contributed by atoms with Gasteiger partial charge < -0.3 is 9.62 Å². The van der Waals surface area contributed by atoms with Gasteiger partial charge in [0.2, 0.25) is 0 Å². The third kappa shape index (κ3) is 2.29. The predicted molar refractivity (Wildman–Crippen MR) is 132 cm³/mol. The zero-order valence-corrected chi connectivity index (χ0v) is 16.9. The van der Waals surface area contributed by atoms with Gasteiger partial charge in [-0.25, -0.2) is 0 Å². The lowest BCUT2D eigenvalue weighted by Gasteiger charge is -2.36. The summed E-state index contributed by atoms with van der Waals surface area (Å²) in [5, 5.41) is 2.57. The van der Waals surface area contributed by atoms with Crippen LogP contribution in [0.2, 0.25) is 0 Å². The van der Waals surface area contributed by atoms with E-state index in [-0.39, 0.29) is 6.98 Å². The molecule has 2 heterocycles. The molecule has 2 aliphatic rings. The summed E-state index contributed by atoms with van der Waals surface area (Å²) in [6.45, 7) is 0.0781. The Balaban J connectivity index is 1.59. The second-order valence-corrected chi connectivity index (χ2v) is 8.24. The van der Waals surface area contributed by atoms with E-state index in [9.17, 15) is 0 Å². The van der Waals surface area contributed by atoms with Crippen LogP contribution in [0.1, 0.15) is 0 Å². The maximum Gasteiger partial charge on any atom is 0.421 e. The highest BCUT2D eigenvalue weighted by Crippen LogP contribution is 2.50. The fraction of sp³-hybridized carbons (Fsp3) is 0. The summed E-state index contributed by atoms with van der Waals surface area (Å²) in [6.07, 6.45) is 0. The van der Waals surface area contributed by atoms with Gasteiger partial charge in [0.05, 0.1) is 11.4 Å². The molecule has 2 nitrogen and oxygen atoms in total. The average Bonchev–Trinajstić information content (AvgIpc) is 3.19. The zero-order chi connectivity index (χ0) is 20.4. The number of hydrogen-bond donors (Lipinski definition) is 0. The SMILES string of the molecule is c1ccc(N2B3c4cc5ccccc5cc4-c4ccccc4N3c3ccccc32)cc1. The molecule has 31 heavy (non-hydrogen) atoms. The van der Waals surface area contributed by atoms with Crippen molar-refractivity contribution in [3.05, 3.63) is 115 Å². The minimum absolute atomic E-state index is 0.0781. The lowest BCUT2D eigenvalue weighted by Crippen LogP contribution is -2.55. The Morgan fingerprint density at radius 3 is 1.81 bits per heavy atom. The topological polar surface area (TPSA) is 6.48 Å². The molecule has 5 aromatic carbocycles. The van der Waals surface area contributed by atoms with Gasteiger partial charge in [-0.2, -0.15) is 0 Å². The van der Waals surface area contributed by atoms with Crippen LogP contribution < -0.4 is 15.1 Å². The van der Waals surface area contributed by atoms with Crippen LogP contribution in [0.5, 0.6) is 0 Å². The summed E-state index contributed by atoms with van der Waals surface area (Å²) in [7, 11) is 0. The third-order valence-corrected chi connectivity index (χ3v) is 6.57. The van der Waals surface area contributed by atoms with Gasteiger partial charge in [-0.1, -0.05) is 78.9 Å². The Bertz CT molecular complexity index is 1440. The normalized spacial score (nSPS) is 13.6. The van der Waals surface area contributed by atoms with E-state index in [0.717, 1.165) is 0 Å². The van der Waals surface area contributed by atoms with E-state index in [1.807, 2.05) is 0 Å². The first-order valence-corrected chi connectivity index (χ1v) is 10.7. The Kier molecular flexibility index (Phi) is 3.39. The van der Waals surface area contributed by atoms with Gasteiger partial charge in [-0.05, 0) is 58.2 Å². The molecule has 0 N–H and O–H groups in total. The van der Waals surface area contributed by atoms with Crippen molar-refractivity contribution in [1.29, 1.82) is 0 Å². The minimum Gasteiger partial charge on any atom is -0.360 e. The Morgan fingerprint density at radius 1 is 0.452 bits per heavy atom. The first-order chi connectivity index (χ1) is 15.4. The van der Waals surface area contributed by atoms with E-state index in [1.165, 1.54) is 50.1 Å². The van der Waals surface area contributed by atoms with Gasteiger partial charge in [-0.15, -0.1) is 0 Å². The van der Waals surface area contributed by atoms with Crippen LogP contribution in [-0.4, -0.2) is 6.98 Å². The van der Waals surface area contributed by atoms with Crippen molar-refractivity contribution in [3.63, 3.8) is 0 Å². The number of fused-ring (bicyclic) bond motifs is 9. The van der Waals surface area contributed by atoms with Crippen molar-refractivity contribution in [2.24, 2.45) is 0 Å². The second kappa shape index (κ2) is 6.26. The summed E-state index contributed by atoms with van der Waals surface area (Å²) in [4.78, 5) is 4.99. The number of rotatable bonds is 1. The Morgan fingerprint density at radius 2 is 1.03 bits per heavy atom. The number of anilines is 4. The van der Waals surface area contributed by atoms with E-state index < -0.39 is 0 Å². The molecule has 3 heteroatoms. The van der Waals surface area contributed by atoms with Crippen LogP contribution in [0, 0.1) is 0 Å². The van der Waals surface area contributed by atoms with E-state index in [2.05, 4.69) is 125 Å². The Labute approximate surface area is 182 Å². The highest BCUT2D eigenvalue weighted by atomic mass is 15.3. The molecule has 0 saturated heterocycles. The molecule has 5 aromatic rings. The van der Waals surface area contributed by atoms with Crippen molar-refractivity contribution in [1.82, 2.24) is 0 Å². The van der Waals surface area contributed by atoms with E-state index in [1.54, 1.807) is 0 Å². The number of para-hydroxylation sites is 4. The average molecular weight is 394 g/mol. The molecule has 144 valence electrons. The monoisotopic (exact) mass is 394 g/mol. The summed E-state index contributed by atoms with van der Waals surface area (Å²) in [5.74, 6) is 0. The lowest BCUT2D eigenvalue weighted by atomic mass is 9.59. The first kappa shape index (κ1) is 16.8. The first-order valence-electron chi connectivity index (χ1n) is 10.7. The zero-order valence-electron chi connectivity index (χ0n) is 16.9. The summed E-state index contributed by atoms with van der Waals surface area (Å²) >= 11 is 0. The molecule has 0 aliphatic carbocycles. The second-order valence-electron chi connectivity index (χ2n) is 8.24. The summed E-state index contributed by atoms with van der Waals surface area (Å²) in [5.41, 5.74) is 8.94. The van der Waals surface area contributed by atoms with E-state index in [4.69, 9.17) is 0 Å². The summed E-state index contributed by atoms with van der Waals surface area (Å²) in [6, 6.07) is 41.8. The highest BCUT2D eigenvalue weighted by molar-refractivity contribution is 6.86. The molecule has 0 unspecified atom stereocenters. The van der Waals surface area contributed by atoms with Crippen LogP contribution in [0.4, 0.5) is 22.7 Å². The van der Waals surface area contributed by atoms with Crippen LogP contribution >= 0.6 is 0 Å². The van der Waals surface area contributed by atoms with Crippen LogP contribution in [0.25, 0.3) is 21.9 Å². The molecule has 0 aromatic heterocycles. The maximum atomic E-state index is 2.51. The minimum atomic E-state index is 0.0781. The van der Waals surface area contributed by atoms with Gasteiger partial charge >= 0.3 is 6.98 Å². The molecule has 0 amide bonds. The van der Waals surface area contributed by atoms with Crippen molar-refractivity contribution in [2.45, 2.75) is 0 Å². The summed E-state index contributed by atoms with van der Waals surface area (Å²) < 4.78 is 0. The molecule has 0 radical (unpaired) electrons. The number of hydrogen-bond acceptors (Lipinski definition) is 2. The Hall–Kier alpha value is -3.98. The van der Waals surface area contributed by atoms with Gasteiger partial charge in [0, 0.05) is 16.9 Å². The largest absolute Gasteiger partial charge is 0.421 e. The van der Waals surface area contributed by atoms with Crippen LogP contribution in [0.3, 0.4) is 0 Å². The molecule has 0 atom stereocenters. The molecular formula is C28H19BN2. The number of nitrogens with zero attached hydrogens (tertiary/aromatic N) is 2. The molecule has 2 aliphatic heterocycles. The van der Waals surface area contributed by atoms with Gasteiger partial charge in [0.15, 0.2) is 0 Å². The van der Waals surface area contributed by atoms with E-state index in [0.29, 0.717) is 0 Å². The fourth-order valence-corrected chi connectivity index (χ4v) is 5.28. The molecular weight excluding hydrogens is 375 g/mol. The highest BCUT2D eigenvalue weighted by Gasteiger charge is 2.47. The standard InChI is InChI=1S/C28H19BN2/c1-2-12-22(13-3-1)30-27-16-8-9-17-28(27)31-26-15-7-6-14-23(26)24-18-20-10-4-5-11-21(20)19-25(24)29(30)31/h1-19H. The van der Waals surface area contributed by atoms with Crippen molar-refractivity contribution >= 4 is 46.0 Å². The molecule has 0 bridgehead atoms. The van der Waals surface area contributed by atoms with Crippen molar-refractivity contribution in [3.8, 4) is 11.1 Å². The van der Waals surface area contributed by atoms with Crippen molar-refractivity contribution in [2.75, 3.05) is 9.62 Å².